The number of rotatable bonds is 16. The van der Waals surface area contributed by atoms with Crippen LogP contribution < -0.4 is 15.6 Å². The van der Waals surface area contributed by atoms with Gasteiger partial charge in [-0.3, -0.25) is 19.4 Å². The van der Waals surface area contributed by atoms with Gasteiger partial charge in [-0.05, 0) is 79.7 Å². The number of aryl methyl sites for hydroxylation is 1. The van der Waals surface area contributed by atoms with E-state index in [2.05, 4.69) is 62.1 Å². The summed E-state index contributed by atoms with van der Waals surface area (Å²) >= 11 is 0. The molecule has 2 aliphatic heterocycles. The quantitative estimate of drug-likeness (QED) is 0.101. The van der Waals surface area contributed by atoms with Gasteiger partial charge in [0.25, 0.3) is 5.91 Å². The molecule has 0 aliphatic carbocycles. The molecule has 1 fully saturated rings. The van der Waals surface area contributed by atoms with Crippen molar-refractivity contribution < 1.29 is 28.6 Å². The largest absolute Gasteiger partial charge is 0.391 e. The molecule has 52 heavy (non-hydrogen) atoms. The molecule has 4 aromatic rings. The fraction of sp³-hybridized carbons (Fsp3) is 0.486. The maximum absolute atomic E-state index is 14.3. The number of aromatic nitrogens is 4. The molecule has 14 nitrogen and oxygen atoms in total. The van der Waals surface area contributed by atoms with Crippen molar-refractivity contribution in [1.82, 2.24) is 40.5 Å². The Kier molecular flexibility index (Phi) is 11.8. The first-order chi connectivity index (χ1) is 25.0. The van der Waals surface area contributed by atoms with Crippen LogP contribution in [-0.4, -0.2) is 119 Å². The van der Waals surface area contributed by atoms with Crippen LogP contribution in [0, 0.1) is 11.7 Å². The third-order valence-corrected chi connectivity index (χ3v) is 9.69. The molecule has 0 saturated carbocycles. The Morgan fingerprint density at radius 3 is 2.77 bits per heavy atom. The van der Waals surface area contributed by atoms with Crippen molar-refractivity contribution in [2.75, 3.05) is 65.2 Å². The van der Waals surface area contributed by atoms with Gasteiger partial charge >= 0.3 is 0 Å². The highest BCUT2D eigenvalue weighted by molar-refractivity contribution is 6.10. The highest BCUT2D eigenvalue weighted by atomic mass is 19.1. The van der Waals surface area contributed by atoms with E-state index in [0.717, 1.165) is 60.3 Å². The number of unbranched alkanes of at least 4 members (excludes halogenated alkanes) is 1. The van der Waals surface area contributed by atoms with E-state index in [1.165, 1.54) is 17.7 Å². The number of aliphatic hydroxyl groups excluding tert-OH is 1. The third-order valence-electron chi connectivity index (χ3n) is 9.69. The van der Waals surface area contributed by atoms with Crippen LogP contribution in [0.1, 0.15) is 53.4 Å². The Bertz CT molecular complexity index is 1880. The lowest BCUT2D eigenvalue weighted by Crippen LogP contribution is -2.42. The van der Waals surface area contributed by atoms with Crippen molar-refractivity contribution in [1.29, 1.82) is 0 Å². The molecule has 0 spiro atoms. The Balaban J connectivity index is 0.889. The second kappa shape index (κ2) is 16.7. The second-order valence-electron chi connectivity index (χ2n) is 13.9. The molecule has 1 saturated heterocycles. The van der Waals surface area contributed by atoms with Crippen LogP contribution in [0.5, 0.6) is 0 Å². The highest BCUT2D eigenvalue weighted by Gasteiger charge is 2.26. The molecule has 0 radical (unpaired) electrons. The number of aliphatic hydroxyl groups is 1. The van der Waals surface area contributed by atoms with Crippen LogP contribution in [0.2, 0.25) is 0 Å². The van der Waals surface area contributed by atoms with Crippen LogP contribution in [0.3, 0.4) is 0 Å². The van der Waals surface area contributed by atoms with Crippen LogP contribution in [0.25, 0.3) is 22.2 Å². The van der Waals surface area contributed by atoms with Gasteiger partial charge in [-0.2, -0.15) is 4.79 Å². The minimum absolute atomic E-state index is 0.0912. The molecule has 2 aliphatic rings. The van der Waals surface area contributed by atoms with Gasteiger partial charge in [0.05, 0.1) is 42.6 Å². The van der Waals surface area contributed by atoms with Crippen molar-refractivity contribution in [3.8, 4) is 11.3 Å². The van der Waals surface area contributed by atoms with Crippen molar-refractivity contribution in [2.24, 2.45) is 5.92 Å². The molecule has 278 valence electrons. The zero-order valence-electron chi connectivity index (χ0n) is 30.0. The maximum Gasteiger partial charge on any atom is 0.252 e. The Hall–Kier alpha value is -4.86. The SMILES string of the molecule is CC(COCN(C)n1cc(CCCCN(C)Cc2ccc(-c3[nH]c4cc(F)cc5c4c3CCNC5=O)cc2)nn1)C(=O)NCC(=O)N1CC[C@@H](O)C1. The standard InChI is InChI=1S/C37H48FN9O5/c1-24(36(50)40-18-33(49)46-15-12-29(48)21-46)22-52-23-45(3)47-20-28(42-43-47)6-4-5-14-44(2)19-25-7-9-26(10-8-25)35-30-11-13-39-37(51)31-16-27(38)17-32(41-35)34(30)31/h7-10,16-17,20,24,29,41,48H,4-6,11-15,18-19,21-23H2,1-3H3,(H,39,51)(H,40,50)/t24?,29-/m1/s1. The van der Waals surface area contributed by atoms with Crippen LogP contribution in [-0.2, 0) is 33.7 Å². The van der Waals surface area contributed by atoms with Gasteiger partial charge in [-0.25, -0.2) is 4.39 Å². The number of nitrogens with zero attached hydrogens (tertiary/aromatic N) is 6. The number of hydrogen-bond donors (Lipinski definition) is 4. The number of hydrogen-bond acceptors (Lipinski definition) is 9. The summed E-state index contributed by atoms with van der Waals surface area (Å²) in [6, 6.07) is 11.2. The van der Waals surface area contributed by atoms with Gasteiger partial charge < -0.3 is 35.3 Å². The molecule has 4 heterocycles. The van der Waals surface area contributed by atoms with Gasteiger partial charge in [0.15, 0.2) is 0 Å². The monoisotopic (exact) mass is 717 g/mol. The molecule has 15 heteroatoms. The highest BCUT2D eigenvalue weighted by Crippen LogP contribution is 2.35. The predicted molar refractivity (Wildman–Crippen MR) is 193 cm³/mol. The number of H-pyrrole nitrogens is 1. The molecule has 4 N–H and O–H groups in total. The van der Waals surface area contributed by atoms with E-state index in [1.54, 1.807) is 21.6 Å². The summed E-state index contributed by atoms with van der Waals surface area (Å²) in [5.74, 6) is -1.58. The number of ether oxygens (including phenoxy) is 1. The van der Waals surface area contributed by atoms with E-state index >= 15 is 0 Å². The Labute approximate surface area is 302 Å². The summed E-state index contributed by atoms with van der Waals surface area (Å²) in [4.78, 5) is 46.0. The smallest absolute Gasteiger partial charge is 0.252 e. The lowest BCUT2D eigenvalue weighted by molar-refractivity contribution is -0.133. The topological polar surface area (TPSA) is 161 Å². The summed E-state index contributed by atoms with van der Waals surface area (Å²) < 4.78 is 20.0. The summed E-state index contributed by atoms with van der Waals surface area (Å²) in [7, 11) is 3.93. The maximum atomic E-state index is 14.3. The van der Waals surface area contributed by atoms with Crippen molar-refractivity contribution >= 4 is 28.6 Å². The number of carbonyl (C=O) groups excluding carboxylic acids is 3. The summed E-state index contributed by atoms with van der Waals surface area (Å²) in [6.45, 7) is 5.09. The average molecular weight is 718 g/mol. The molecular formula is C37H48FN9O5. The van der Waals surface area contributed by atoms with E-state index in [-0.39, 0.29) is 37.6 Å². The number of halogens is 1. The van der Waals surface area contributed by atoms with Crippen molar-refractivity contribution in [2.45, 2.75) is 51.7 Å². The number of aromatic amines is 1. The number of β-amino-alcohol motifs (C(OH)–C–C–N with tert-alkyl or cyclic N) is 1. The Morgan fingerprint density at radius 2 is 2.00 bits per heavy atom. The van der Waals surface area contributed by atoms with Crippen LogP contribution >= 0.6 is 0 Å². The van der Waals surface area contributed by atoms with Crippen molar-refractivity contribution in [3.05, 3.63) is 70.8 Å². The number of likely N-dealkylation sites (tertiary alicyclic amines) is 1. The summed E-state index contributed by atoms with van der Waals surface area (Å²) in [6.07, 6.45) is 5.37. The van der Waals surface area contributed by atoms with E-state index in [9.17, 15) is 23.9 Å². The second-order valence-corrected chi connectivity index (χ2v) is 13.9. The van der Waals surface area contributed by atoms with Gasteiger partial charge in [0.2, 0.25) is 11.8 Å². The predicted octanol–water partition coefficient (Wildman–Crippen LogP) is 2.19. The minimum Gasteiger partial charge on any atom is -0.391 e. The van der Waals surface area contributed by atoms with E-state index < -0.39 is 17.8 Å². The average Bonchev–Trinajstić information content (AvgIpc) is 3.85. The van der Waals surface area contributed by atoms with E-state index in [0.29, 0.717) is 43.6 Å². The third kappa shape index (κ3) is 8.95. The molecular weight excluding hydrogens is 669 g/mol. The number of amides is 3. The van der Waals surface area contributed by atoms with Crippen molar-refractivity contribution in [3.63, 3.8) is 0 Å². The lowest BCUT2D eigenvalue weighted by Gasteiger charge is -2.20. The zero-order valence-corrected chi connectivity index (χ0v) is 30.0. The minimum atomic E-state index is -0.490. The zero-order chi connectivity index (χ0) is 36.8. The van der Waals surface area contributed by atoms with Gasteiger partial charge in [0.1, 0.15) is 12.5 Å². The normalized spacial score (nSPS) is 16.3. The van der Waals surface area contributed by atoms with Crippen LogP contribution in [0.15, 0.2) is 42.6 Å². The lowest BCUT2D eigenvalue weighted by atomic mass is 9.99. The Morgan fingerprint density at radius 1 is 1.19 bits per heavy atom. The molecule has 3 amide bonds. The summed E-state index contributed by atoms with van der Waals surface area (Å²) in [5.41, 5.74) is 6.06. The first-order valence-corrected chi connectivity index (χ1v) is 17.9. The molecule has 6 rings (SSSR count). The van der Waals surface area contributed by atoms with E-state index in [1.807, 2.05) is 13.2 Å². The molecule has 1 unspecified atom stereocenters. The van der Waals surface area contributed by atoms with Gasteiger partial charge in [-0.15, -0.1) is 5.10 Å². The fourth-order valence-electron chi connectivity index (χ4n) is 6.78. The molecule has 2 aromatic heterocycles. The summed E-state index contributed by atoms with van der Waals surface area (Å²) in [5, 5.41) is 26.2. The molecule has 2 aromatic carbocycles. The number of carbonyl (C=O) groups is 3. The van der Waals surface area contributed by atoms with Crippen LogP contribution in [0.4, 0.5) is 4.39 Å². The van der Waals surface area contributed by atoms with Gasteiger partial charge in [-0.1, -0.05) is 31.2 Å². The molecule has 2 atom stereocenters. The first-order valence-electron chi connectivity index (χ1n) is 17.9. The van der Waals surface area contributed by atoms with Gasteiger partial charge in [0, 0.05) is 49.8 Å². The van der Waals surface area contributed by atoms with E-state index in [4.69, 9.17) is 4.74 Å². The molecule has 0 bridgehead atoms. The number of nitrogens with one attached hydrogen (secondary N) is 3. The number of benzene rings is 2. The first kappa shape index (κ1) is 36.9. The fourth-order valence-corrected chi connectivity index (χ4v) is 6.78.